The van der Waals surface area contributed by atoms with E-state index in [0.29, 0.717) is 23.9 Å². The second-order valence-electron chi connectivity index (χ2n) is 4.87. The lowest BCUT2D eigenvalue weighted by Crippen LogP contribution is -2.20. The molecule has 1 aliphatic carbocycles. The van der Waals surface area contributed by atoms with Crippen LogP contribution in [0.5, 0.6) is 0 Å². The SMILES string of the molecule is C.C.CCC(C)C(=O)CC1CCC2OC2C1. The van der Waals surface area contributed by atoms with E-state index in [1.807, 2.05) is 6.92 Å². The van der Waals surface area contributed by atoms with Crippen LogP contribution in [0.15, 0.2) is 0 Å². The smallest absolute Gasteiger partial charge is 0.135 e. The van der Waals surface area contributed by atoms with Gasteiger partial charge in [0.2, 0.25) is 0 Å². The van der Waals surface area contributed by atoms with Crippen molar-refractivity contribution in [3.63, 3.8) is 0 Å². The summed E-state index contributed by atoms with van der Waals surface area (Å²) in [5.41, 5.74) is 0. The van der Waals surface area contributed by atoms with Crippen LogP contribution < -0.4 is 0 Å². The zero-order valence-corrected chi connectivity index (χ0v) is 9.16. The van der Waals surface area contributed by atoms with Crippen LogP contribution in [0.4, 0.5) is 0 Å². The van der Waals surface area contributed by atoms with Gasteiger partial charge in [0.05, 0.1) is 12.2 Å². The van der Waals surface area contributed by atoms with E-state index < -0.39 is 0 Å². The normalized spacial score (nSPS) is 32.8. The van der Waals surface area contributed by atoms with Crippen molar-refractivity contribution >= 4 is 5.78 Å². The maximum absolute atomic E-state index is 11.7. The maximum Gasteiger partial charge on any atom is 0.135 e. The zero-order valence-electron chi connectivity index (χ0n) is 9.16. The number of carbonyl (C=O) groups excluding carboxylic acids is 1. The molecule has 0 amide bonds. The number of hydrogen-bond acceptors (Lipinski definition) is 2. The summed E-state index contributed by atoms with van der Waals surface area (Å²) in [7, 11) is 0. The van der Waals surface area contributed by atoms with Crippen LogP contribution in [0.2, 0.25) is 0 Å². The quantitative estimate of drug-likeness (QED) is 0.684. The monoisotopic (exact) mass is 228 g/mol. The molecule has 0 radical (unpaired) electrons. The first kappa shape index (κ1) is 15.6. The van der Waals surface area contributed by atoms with Crippen LogP contribution in [-0.4, -0.2) is 18.0 Å². The average molecular weight is 228 g/mol. The second kappa shape index (κ2) is 6.39. The zero-order chi connectivity index (χ0) is 10.1. The number of rotatable bonds is 4. The molecule has 1 saturated carbocycles. The largest absolute Gasteiger partial charge is 0.370 e. The van der Waals surface area contributed by atoms with Gasteiger partial charge < -0.3 is 4.74 Å². The summed E-state index contributed by atoms with van der Waals surface area (Å²) in [6, 6.07) is 0. The highest BCUT2D eigenvalue weighted by molar-refractivity contribution is 5.80. The molecule has 2 aliphatic rings. The van der Waals surface area contributed by atoms with Crippen molar-refractivity contribution in [3.05, 3.63) is 0 Å². The van der Waals surface area contributed by atoms with Gasteiger partial charge in [-0.3, -0.25) is 4.79 Å². The molecule has 0 spiro atoms. The first-order valence-electron chi connectivity index (χ1n) is 5.89. The Hall–Kier alpha value is -0.370. The first-order chi connectivity index (χ1) is 6.70. The van der Waals surface area contributed by atoms with Crippen LogP contribution in [0.3, 0.4) is 0 Å². The van der Waals surface area contributed by atoms with Gasteiger partial charge in [-0.1, -0.05) is 28.7 Å². The van der Waals surface area contributed by atoms with Gasteiger partial charge in [0.15, 0.2) is 0 Å². The fourth-order valence-corrected chi connectivity index (χ4v) is 2.39. The van der Waals surface area contributed by atoms with Crippen molar-refractivity contribution in [2.24, 2.45) is 11.8 Å². The first-order valence-corrected chi connectivity index (χ1v) is 5.89. The average Bonchev–Trinajstić information content (AvgIpc) is 2.94. The van der Waals surface area contributed by atoms with Gasteiger partial charge in [-0.2, -0.15) is 0 Å². The molecule has 1 saturated heterocycles. The lowest BCUT2D eigenvalue weighted by Gasteiger charge is -2.19. The van der Waals surface area contributed by atoms with Crippen LogP contribution in [0.25, 0.3) is 0 Å². The summed E-state index contributed by atoms with van der Waals surface area (Å²) < 4.78 is 5.47. The number of ketones is 1. The number of hydrogen-bond donors (Lipinski definition) is 0. The van der Waals surface area contributed by atoms with Gasteiger partial charge in [0.25, 0.3) is 0 Å². The van der Waals surface area contributed by atoms with Crippen LogP contribution >= 0.6 is 0 Å². The lowest BCUT2D eigenvalue weighted by atomic mass is 9.83. The third-order valence-electron chi connectivity index (χ3n) is 3.76. The summed E-state index contributed by atoms with van der Waals surface area (Å²) >= 11 is 0. The Morgan fingerprint density at radius 3 is 2.56 bits per heavy atom. The molecule has 96 valence electrons. The van der Waals surface area contributed by atoms with Crippen LogP contribution in [-0.2, 0) is 9.53 Å². The molecular formula is C14H28O2. The van der Waals surface area contributed by atoms with Crippen LogP contribution in [0, 0.1) is 11.8 Å². The van der Waals surface area contributed by atoms with Gasteiger partial charge in [0, 0.05) is 12.3 Å². The lowest BCUT2D eigenvalue weighted by molar-refractivity contribution is -0.123. The van der Waals surface area contributed by atoms with Gasteiger partial charge in [0.1, 0.15) is 5.78 Å². The number of fused-ring (bicyclic) bond motifs is 1. The molecule has 4 unspecified atom stereocenters. The minimum Gasteiger partial charge on any atom is -0.370 e. The van der Waals surface area contributed by atoms with E-state index in [1.165, 1.54) is 12.8 Å². The molecule has 1 heterocycles. The molecule has 1 aliphatic heterocycles. The third-order valence-corrected chi connectivity index (χ3v) is 3.76. The van der Waals surface area contributed by atoms with Crippen molar-refractivity contribution in [2.75, 3.05) is 0 Å². The van der Waals surface area contributed by atoms with E-state index in [1.54, 1.807) is 0 Å². The van der Waals surface area contributed by atoms with E-state index in [-0.39, 0.29) is 20.8 Å². The Kier molecular flexibility index (Phi) is 6.24. The highest BCUT2D eigenvalue weighted by Crippen LogP contribution is 2.40. The third kappa shape index (κ3) is 3.58. The van der Waals surface area contributed by atoms with E-state index in [4.69, 9.17) is 4.74 Å². The molecule has 0 N–H and O–H groups in total. The Labute approximate surface area is 101 Å². The molecule has 0 aromatic heterocycles. The molecule has 16 heavy (non-hydrogen) atoms. The van der Waals surface area contributed by atoms with Gasteiger partial charge in [-0.05, 0) is 31.6 Å². The summed E-state index contributed by atoms with van der Waals surface area (Å²) in [6.07, 6.45) is 6.36. The van der Waals surface area contributed by atoms with E-state index in [0.717, 1.165) is 19.3 Å². The molecule has 2 nitrogen and oxygen atoms in total. The molecule has 2 rings (SSSR count). The minimum atomic E-state index is 0. The number of carbonyl (C=O) groups is 1. The van der Waals surface area contributed by atoms with Crippen LogP contribution in [0.1, 0.15) is 60.8 Å². The summed E-state index contributed by atoms with van der Waals surface area (Å²) in [5.74, 6) is 1.32. The summed E-state index contributed by atoms with van der Waals surface area (Å²) in [4.78, 5) is 11.7. The molecule has 2 fully saturated rings. The summed E-state index contributed by atoms with van der Waals surface area (Å²) in [6.45, 7) is 4.13. The van der Waals surface area contributed by atoms with E-state index >= 15 is 0 Å². The molecule has 2 heteroatoms. The van der Waals surface area contributed by atoms with Gasteiger partial charge >= 0.3 is 0 Å². The number of epoxide rings is 1. The standard InChI is InChI=1S/C12H20O2.2CH4/c1-3-8(2)10(13)6-9-4-5-11-12(7-9)14-11;;/h8-9,11-12H,3-7H2,1-2H3;2*1H4. The van der Waals surface area contributed by atoms with Gasteiger partial charge in [-0.25, -0.2) is 0 Å². The summed E-state index contributed by atoms with van der Waals surface area (Å²) in [5, 5.41) is 0. The molecule has 0 aromatic rings. The maximum atomic E-state index is 11.7. The van der Waals surface area contributed by atoms with Crippen molar-refractivity contribution < 1.29 is 9.53 Å². The van der Waals surface area contributed by atoms with Gasteiger partial charge in [-0.15, -0.1) is 0 Å². The predicted octanol–water partition coefficient (Wildman–Crippen LogP) is 3.83. The van der Waals surface area contributed by atoms with Crippen molar-refractivity contribution in [2.45, 2.75) is 73.0 Å². The van der Waals surface area contributed by atoms with E-state index in [9.17, 15) is 4.79 Å². The number of Topliss-reactive ketones (excluding diaryl/α,β-unsaturated/α-hetero) is 1. The van der Waals surface area contributed by atoms with Crippen molar-refractivity contribution in [1.29, 1.82) is 0 Å². The topological polar surface area (TPSA) is 29.6 Å². The van der Waals surface area contributed by atoms with Crippen molar-refractivity contribution in [3.8, 4) is 0 Å². The highest BCUT2D eigenvalue weighted by atomic mass is 16.6. The van der Waals surface area contributed by atoms with Crippen molar-refractivity contribution in [1.82, 2.24) is 0 Å². The number of ether oxygens (including phenoxy) is 1. The Morgan fingerprint density at radius 1 is 1.31 bits per heavy atom. The van der Waals surface area contributed by atoms with E-state index in [2.05, 4.69) is 6.92 Å². The molecule has 0 aromatic carbocycles. The minimum absolute atomic E-state index is 0. The molecule has 0 bridgehead atoms. The Balaban J connectivity index is 0.00000112. The fraction of sp³-hybridized carbons (Fsp3) is 0.929. The fourth-order valence-electron chi connectivity index (χ4n) is 2.39. The molecule has 4 atom stereocenters. The second-order valence-corrected chi connectivity index (χ2v) is 4.87. The highest BCUT2D eigenvalue weighted by Gasteiger charge is 2.44. The Bertz CT molecular complexity index is 225. The predicted molar refractivity (Wildman–Crippen MR) is 68.5 cm³/mol. The Morgan fingerprint density at radius 2 is 2.00 bits per heavy atom. The molecular weight excluding hydrogens is 200 g/mol.